The first-order valence-electron chi connectivity index (χ1n) is 5.91. The molecule has 1 heterocycles. The molecule has 4 heteroatoms. The summed E-state index contributed by atoms with van der Waals surface area (Å²) in [5, 5.41) is 8.97. The monoisotopic (exact) mass is 234 g/mol. The van der Waals surface area contributed by atoms with E-state index in [1.807, 2.05) is 43.0 Å². The molecule has 1 aliphatic heterocycles. The fourth-order valence-corrected chi connectivity index (χ4v) is 2.05. The fraction of sp³-hybridized carbons (Fsp3) is 0.462. The van der Waals surface area contributed by atoms with Crippen molar-refractivity contribution in [3.05, 3.63) is 29.8 Å². The van der Waals surface area contributed by atoms with Crippen LogP contribution in [0.1, 0.15) is 19.4 Å². The second-order valence-corrected chi connectivity index (χ2v) is 4.55. The van der Waals surface area contributed by atoms with Crippen LogP contribution >= 0.6 is 0 Å². The van der Waals surface area contributed by atoms with Gasteiger partial charge in [-0.3, -0.25) is 4.90 Å². The maximum absolute atomic E-state index is 12.1. The molecular weight excluding hydrogens is 216 g/mol. The van der Waals surface area contributed by atoms with E-state index in [-0.39, 0.29) is 18.7 Å². The van der Waals surface area contributed by atoms with Gasteiger partial charge in [0.15, 0.2) is 0 Å². The Morgan fingerprint density at radius 1 is 1.24 bits per heavy atom. The van der Waals surface area contributed by atoms with E-state index in [4.69, 9.17) is 5.11 Å². The third-order valence-corrected chi connectivity index (χ3v) is 3.10. The summed E-state index contributed by atoms with van der Waals surface area (Å²) in [6, 6.07) is 7.77. The minimum absolute atomic E-state index is 0.0341. The normalized spacial score (nSPS) is 16.1. The highest BCUT2D eigenvalue weighted by Gasteiger charge is 2.30. The second kappa shape index (κ2) is 4.75. The predicted molar refractivity (Wildman–Crippen MR) is 66.9 cm³/mol. The van der Waals surface area contributed by atoms with Crippen molar-refractivity contribution in [2.24, 2.45) is 0 Å². The molecule has 1 aliphatic rings. The molecule has 0 radical (unpaired) electrons. The summed E-state index contributed by atoms with van der Waals surface area (Å²) >= 11 is 0. The zero-order valence-electron chi connectivity index (χ0n) is 10.3. The molecule has 0 spiro atoms. The molecule has 0 atom stereocenters. The first-order chi connectivity index (χ1) is 8.13. The highest BCUT2D eigenvalue weighted by Crippen LogP contribution is 2.22. The van der Waals surface area contributed by atoms with Crippen LogP contribution < -0.4 is 4.90 Å². The minimum Gasteiger partial charge on any atom is -0.392 e. The summed E-state index contributed by atoms with van der Waals surface area (Å²) in [6.07, 6.45) is 0. The Bertz CT molecular complexity index is 400. The van der Waals surface area contributed by atoms with Crippen molar-refractivity contribution in [1.82, 2.24) is 4.90 Å². The van der Waals surface area contributed by atoms with Crippen molar-refractivity contribution in [1.29, 1.82) is 0 Å². The van der Waals surface area contributed by atoms with Crippen molar-refractivity contribution in [2.75, 3.05) is 18.0 Å². The molecule has 0 bridgehead atoms. The summed E-state index contributed by atoms with van der Waals surface area (Å²) in [5.74, 6) is 0. The van der Waals surface area contributed by atoms with Crippen molar-refractivity contribution in [3.8, 4) is 0 Å². The zero-order valence-corrected chi connectivity index (χ0v) is 10.3. The minimum atomic E-state index is 0.0341. The molecule has 92 valence electrons. The number of urea groups is 1. The van der Waals surface area contributed by atoms with Crippen LogP contribution in [0, 0.1) is 0 Å². The third-order valence-electron chi connectivity index (χ3n) is 3.10. The number of anilines is 1. The molecule has 1 fully saturated rings. The molecule has 2 rings (SSSR count). The Morgan fingerprint density at radius 3 is 2.35 bits per heavy atom. The molecule has 2 amide bonds. The largest absolute Gasteiger partial charge is 0.392 e. The van der Waals surface area contributed by atoms with Crippen LogP contribution in [0.4, 0.5) is 10.5 Å². The molecule has 1 aromatic rings. The number of carbonyl (C=O) groups excluding carboxylic acids is 1. The summed E-state index contributed by atoms with van der Waals surface area (Å²) < 4.78 is 0. The van der Waals surface area contributed by atoms with E-state index >= 15 is 0 Å². The number of rotatable bonds is 3. The highest BCUT2D eigenvalue weighted by atomic mass is 16.3. The van der Waals surface area contributed by atoms with Gasteiger partial charge in [0, 0.05) is 24.8 Å². The Hall–Kier alpha value is -1.55. The van der Waals surface area contributed by atoms with E-state index in [1.165, 1.54) is 0 Å². The van der Waals surface area contributed by atoms with Gasteiger partial charge in [-0.1, -0.05) is 12.1 Å². The average Bonchev–Trinajstić information content (AvgIpc) is 2.71. The molecule has 0 saturated carbocycles. The lowest BCUT2D eigenvalue weighted by Crippen LogP contribution is -2.36. The Kier molecular flexibility index (Phi) is 3.33. The van der Waals surface area contributed by atoms with Crippen molar-refractivity contribution in [2.45, 2.75) is 26.5 Å². The number of carbonyl (C=O) groups is 1. The van der Waals surface area contributed by atoms with Crippen molar-refractivity contribution in [3.63, 3.8) is 0 Å². The third kappa shape index (κ3) is 2.26. The van der Waals surface area contributed by atoms with Crippen molar-refractivity contribution >= 4 is 11.7 Å². The van der Waals surface area contributed by atoms with Crippen LogP contribution in [-0.2, 0) is 6.61 Å². The standard InChI is InChI=1S/C13H18N2O2/c1-10(2)14-7-8-15(13(14)17)12-5-3-11(9-16)4-6-12/h3-6,10,16H,7-9H2,1-2H3. The van der Waals surface area contributed by atoms with Gasteiger partial charge in [0.2, 0.25) is 0 Å². The number of hydrogen-bond acceptors (Lipinski definition) is 2. The number of aliphatic hydroxyl groups is 1. The molecule has 0 aromatic heterocycles. The first kappa shape index (κ1) is 11.9. The summed E-state index contributed by atoms with van der Waals surface area (Å²) in [4.78, 5) is 15.7. The van der Waals surface area contributed by atoms with E-state index < -0.39 is 0 Å². The number of hydrogen-bond donors (Lipinski definition) is 1. The number of aliphatic hydroxyl groups excluding tert-OH is 1. The highest BCUT2D eigenvalue weighted by molar-refractivity contribution is 5.94. The van der Waals surface area contributed by atoms with Crippen LogP contribution in [-0.4, -0.2) is 35.2 Å². The van der Waals surface area contributed by atoms with Gasteiger partial charge in [0.05, 0.1) is 6.61 Å². The van der Waals surface area contributed by atoms with E-state index in [1.54, 1.807) is 4.90 Å². The van der Waals surface area contributed by atoms with Crippen LogP contribution in [0.3, 0.4) is 0 Å². The Balaban J connectivity index is 2.15. The number of amides is 2. The lowest BCUT2D eigenvalue weighted by atomic mass is 10.2. The van der Waals surface area contributed by atoms with Gasteiger partial charge in [-0.15, -0.1) is 0 Å². The van der Waals surface area contributed by atoms with E-state index in [2.05, 4.69) is 0 Å². The topological polar surface area (TPSA) is 43.8 Å². The lowest BCUT2D eigenvalue weighted by molar-refractivity contribution is 0.209. The summed E-state index contributed by atoms with van der Waals surface area (Å²) in [7, 11) is 0. The van der Waals surface area contributed by atoms with Crippen LogP contribution in [0.5, 0.6) is 0 Å². The predicted octanol–water partition coefficient (Wildman–Crippen LogP) is 1.83. The molecule has 0 unspecified atom stereocenters. The second-order valence-electron chi connectivity index (χ2n) is 4.55. The van der Waals surface area contributed by atoms with Gasteiger partial charge in [0.25, 0.3) is 0 Å². The molecular formula is C13H18N2O2. The fourth-order valence-electron chi connectivity index (χ4n) is 2.05. The quantitative estimate of drug-likeness (QED) is 0.867. The van der Waals surface area contributed by atoms with Crippen LogP contribution in [0.15, 0.2) is 24.3 Å². The van der Waals surface area contributed by atoms with Gasteiger partial charge in [-0.2, -0.15) is 0 Å². The average molecular weight is 234 g/mol. The van der Waals surface area contributed by atoms with E-state index in [0.717, 1.165) is 24.3 Å². The maximum Gasteiger partial charge on any atom is 0.324 e. The number of nitrogens with zero attached hydrogens (tertiary/aromatic N) is 2. The maximum atomic E-state index is 12.1. The Labute approximate surface area is 101 Å². The summed E-state index contributed by atoms with van der Waals surface area (Å²) in [6.45, 7) is 5.59. The smallest absolute Gasteiger partial charge is 0.324 e. The zero-order chi connectivity index (χ0) is 12.4. The van der Waals surface area contributed by atoms with Gasteiger partial charge in [-0.25, -0.2) is 4.79 Å². The van der Waals surface area contributed by atoms with Gasteiger partial charge >= 0.3 is 6.03 Å². The Morgan fingerprint density at radius 2 is 1.88 bits per heavy atom. The van der Waals surface area contributed by atoms with Crippen molar-refractivity contribution < 1.29 is 9.90 Å². The molecule has 4 nitrogen and oxygen atoms in total. The first-order valence-corrected chi connectivity index (χ1v) is 5.91. The van der Waals surface area contributed by atoms with E-state index in [0.29, 0.717) is 0 Å². The lowest BCUT2D eigenvalue weighted by Gasteiger charge is -2.21. The number of benzene rings is 1. The SMILES string of the molecule is CC(C)N1CCN(c2ccc(CO)cc2)C1=O. The van der Waals surface area contributed by atoms with Crippen LogP contribution in [0.2, 0.25) is 0 Å². The summed E-state index contributed by atoms with van der Waals surface area (Å²) in [5.41, 5.74) is 1.76. The van der Waals surface area contributed by atoms with Gasteiger partial charge in [-0.05, 0) is 31.5 Å². The molecule has 1 aromatic carbocycles. The molecule has 17 heavy (non-hydrogen) atoms. The van der Waals surface area contributed by atoms with E-state index in [9.17, 15) is 4.79 Å². The molecule has 1 saturated heterocycles. The van der Waals surface area contributed by atoms with Crippen LogP contribution in [0.25, 0.3) is 0 Å². The van der Waals surface area contributed by atoms with Gasteiger partial charge < -0.3 is 10.0 Å². The van der Waals surface area contributed by atoms with Gasteiger partial charge in [0.1, 0.15) is 0 Å². The molecule has 0 aliphatic carbocycles. The molecule has 1 N–H and O–H groups in total.